The molecule has 0 heterocycles. The van der Waals surface area contributed by atoms with Crippen molar-refractivity contribution in [3.63, 3.8) is 0 Å². The van der Waals surface area contributed by atoms with Gasteiger partial charge in [-0.1, -0.05) is 0 Å². The number of Topliss-reactive ketones (excluding diaryl/α,β-unsaturated/α-hetero) is 1. The maximum atomic E-state index is 11.7. The molecule has 0 aliphatic rings. The van der Waals surface area contributed by atoms with Crippen LogP contribution in [0.3, 0.4) is 0 Å². The van der Waals surface area contributed by atoms with Crippen LogP contribution in [0.2, 0.25) is 0 Å². The number of phenolic OH excluding ortho intramolecular Hbond substituents is 2. The number of rotatable bonds is 5. The van der Waals surface area contributed by atoms with Gasteiger partial charge in [0.25, 0.3) is 0 Å². The number of carboxylic acid groups (broad SMARTS) is 1. The number of carboxylic acids is 1. The Kier molecular flexibility index (Phi) is 4.51. The molecule has 3 N–H and O–H groups in total. The Morgan fingerprint density at radius 3 is 2.35 bits per heavy atom. The van der Waals surface area contributed by atoms with Crippen molar-refractivity contribution in [1.82, 2.24) is 0 Å². The summed E-state index contributed by atoms with van der Waals surface area (Å²) >= 11 is 3.03. The number of carbonyl (C=O) groups excluding carboxylic acids is 1. The molecule has 0 fully saturated rings. The fourth-order valence-electron chi connectivity index (χ4n) is 1.31. The highest BCUT2D eigenvalue weighted by atomic mass is 79.9. The first-order chi connectivity index (χ1) is 7.91. The lowest BCUT2D eigenvalue weighted by Crippen LogP contribution is -2.02. The second-order valence-electron chi connectivity index (χ2n) is 3.49. The second kappa shape index (κ2) is 5.67. The minimum atomic E-state index is -0.964. The molecule has 0 unspecified atom stereocenters. The number of aliphatic carboxylic acids is 1. The highest BCUT2D eigenvalue weighted by Crippen LogP contribution is 2.32. The lowest BCUT2D eigenvalue weighted by Gasteiger charge is -2.05. The van der Waals surface area contributed by atoms with Gasteiger partial charge in [0, 0.05) is 18.9 Å². The van der Waals surface area contributed by atoms with E-state index in [1.165, 1.54) is 6.07 Å². The van der Waals surface area contributed by atoms with Crippen LogP contribution in [0, 0.1) is 0 Å². The Balaban J connectivity index is 2.75. The molecule has 17 heavy (non-hydrogen) atoms. The summed E-state index contributed by atoms with van der Waals surface area (Å²) in [5.41, 5.74) is 0.0695. The Morgan fingerprint density at radius 1 is 1.12 bits per heavy atom. The third-order valence-corrected chi connectivity index (χ3v) is 2.80. The zero-order valence-electron chi connectivity index (χ0n) is 8.81. The van der Waals surface area contributed by atoms with Crippen LogP contribution in [-0.4, -0.2) is 27.1 Å². The predicted molar refractivity (Wildman–Crippen MR) is 63.3 cm³/mol. The normalized spacial score (nSPS) is 10.2. The third-order valence-electron chi connectivity index (χ3n) is 2.16. The minimum absolute atomic E-state index is 0.0388. The van der Waals surface area contributed by atoms with Gasteiger partial charge < -0.3 is 15.3 Å². The van der Waals surface area contributed by atoms with E-state index in [-0.39, 0.29) is 42.1 Å². The number of carbonyl (C=O) groups is 2. The smallest absolute Gasteiger partial charge is 0.303 e. The molecule has 0 aliphatic carbocycles. The summed E-state index contributed by atoms with van der Waals surface area (Å²) in [6.45, 7) is 0. The summed E-state index contributed by atoms with van der Waals surface area (Å²) in [5.74, 6) is -1.80. The van der Waals surface area contributed by atoms with Crippen molar-refractivity contribution in [2.45, 2.75) is 19.3 Å². The summed E-state index contributed by atoms with van der Waals surface area (Å²) in [7, 11) is 0. The van der Waals surface area contributed by atoms with Crippen LogP contribution in [0.1, 0.15) is 29.6 Å². The van der Waals surface area contributed by atoms with Gasteiger partial charge in [-0.05, 0) is 28.4 Å². The Hall–Kier alpha value is -1.56. The molecule has 0 saturated heterocycles. The number of halogens is 1. The SMILES string of the molecule is O=C(O)CCCC(=O)c1cc(Br)c(O)cc1O. The van der Waals surface area contributed by atoms with E-state index in [1.807, 2.05) is 0 Å². The first-order valence-electron chi connectivity index (χ1n) is 4.88. The van der Waals surface area contributed by atoms with Gasteiger partial charge in [0.15, 0.2) is 5.78 Å². The highest BCUT2D eigenvalue weighted by Gasteiger charge is 2.14. The molecule has 0 saturated carbocycles. The van der Waals surface area contributed by atoms with Crippen molar-refractivity contribution in [3.05, 3.63) is 22.2 Å². The van der Waals surface area contributed by atoms with E-state index in [1.54, 1.807) is 0 Å². The van der Waals surface area contributed by atoms with Crippen LogP contribution in [0.25, 0.3) is 0 Å². The first kappa shape index (κ1) is 13.5. The predicted octanol–water partition coefficient (Wildman–Crippen LogP) is 2.30. The van der Waals surface area contributed by atoms with Crippen LogP contribution in [-0.2, 0) is 4.79 Å². The van der Waals surface area contributed by atoms with Crippen LogP contribution in [0.5, 0.6) is 11.5 Å². The molecule has 1 aromatic carbocycles. The van der Waals surface area contributed by atoms with E-state index in [9.17, 15) is 19.8 Å². The van der Waals surface area contributed by atoms with Crippen molar-refractivity contribution in [2.24, 2.45) is 0 Å². The lowest BCUT2D eigenvalue weighted by atomic mass is 10.0. The van der Waals surface area contributed by atoms with E-state index < -0.39 is 5.97 Å². The molecule has 6 heteroatoms. The number of ketones is 1. The number of phenols is 2. The molecule has 0 aliphatic heterocycles. The molecule has 0 radical (unpaired) electrons. The van der Waals surface area contributed by atoms with Gasteiger partial charge in [-0.15, -0.1) is 0 Å². The second-order valence-corrected chi connectivity index (χ2v) is 4.35. The van der Waals surface area contributed by atoms with Crippen LogP contribution in [0.4, 0.5) is 0 Å². The number of benzene rings is 1. The van der Waals surface area contributed by atoms with Crippen molar-refractivity contribution < 1.29 is 24.9 Å². The molecule has 0 bridgehead atoms. The van der Waals surface area contributed by atoms with Gasteiger partial charge >= 0.3 is 5.97 Å². The lowest BCUT2D eigenvalue weighted by molar-refractivity contribution is -0.137. The van der Waals surface area contributed by atoms with Crippen molar-refractivity contribution in [3.8, 4) is 11.5 Å². The van der Waals surface area contributed by atoms with Gasteiger partial charge in [0.05, 0.1) is 10.0 Å². The van der Waals surface area contributed by atoms with Gasteiger partial charge in [-0.3, -0.25) is 9.59 Å². The van der Waals surface area contributed by atoms with Gasteiger partial charge in [-0.2, -0.15) is 0 Å². The van der Waals surface area contributed by atoms with E-state index in [0.29, 0.717) is 4.47 Å². The standard InChI is InChI=1S/C11H11BrO5/c12-7-4-6(9(14)5-10(7)15)8(13)2-1-3-11(16)17/h4-5,14-15H,1-3H2,(H,16,17). The van der Waals surface area contributed by atoms with Crippen molar-refractivity contribution >= 4 is 27.7 Å². The largest absolute Gasteiger partial charge is 0.507 e. The first-order valence-corrected chi connectivity index (χ1v) is 5.67. The van der Waals surface area contributed by atoms with Crippen LogP contribution < -0.4 is 0 Å². The molecule has 92 valence electrons. The number of hydrogen-bond donors (Lipinski definition) is 3. The zero-order chi connectivity index (χ0) is 13.0. The molecule has 1 aromatic rings. The number of hydrogen-bond acceptors (Lipinski definition) is 4. The molecule has 0 atom stereocenters. The summed E-state index contributed by atoms with van der Waals surface area (Å²) in [6.07, 6.45) is 0.162. The van der Waals surface area contributed by atoms with E-state index >= 15 is 0 Å². The maximum Gasteiger partial charge on any atom is 0.303 e. The maximum absolute atomic E-state index is 11.7. The monoisotopic (exact) mass is 302 g/mol. The average molecular weight is 303 g/mol. The molecular weight excluding hydrogens is 292 g/mol. The molecule has 1 rings (SSSR count). The quantitative estimate of drug-likeness (QED) is 0.725. The molecule has 0 amide bonds. The summed E-state index contributed by atoms with van der Waals surface area (Å²) in [6, 6.07) is 2.38. The zero-order valence-corrected chi connectivity index (χ0v) is 10.4. The van der Waals surface area contributed by atoms with Gasteiger partial charge in [0.2, 0.25) is 0 Å². The van der Waals surface area contributed by atoms with Gasteiger partial charge in [0.1, 0.15) is 11.5 Å². The van der Waals surface area contributed by atoms with Gasteiger partial charge in [-0.25, -0.2) is 0 Å². The Morgan fingerprint density at radius 2 is 1.76 bits per heavy atom. The molecule has 0 spiro atoms. The summed E-state index contributed by atoms with van der Waals surface area (Å²) in [5, 5.41) is 27.2. The van der Waals surface area contributed by atoms with Crippen molar-refractivity contribution in [1.29, 1.82) is 0 Å². The fraction of sp³-hybridized carbons (Fsp3) is 0.273. The van der Waals surface area contributed by atoms with E-state index in [0.717, 1.165) is 6.07 Å². The fourth-order valence-corrected chi connectivity index (χ4v) is 1.65. The Labute approximate surface area is 106 Å². The minimum Gasteiger partial charge on any atom is -0.507 e. The average Bonchev–Trinajstić information content (AvgIpc) is 2.22. The third kappa shape index (κ3) is 3.74. The summed E-state index contributed by atoms with van der Waals surface area (Å²) in [4.78, 5) is 21.9. The highest BCUT2D eigenvalue weighted by molar-refractivity contribution is 9.10. The number of aromatic hydroxyl groups is 2. The van der Waals surface area contributed by atoms with Crippen molar-refractivity contribution in [2.75, 3.05) is 0 Å². The Bertz CT molecular complexity index is 455. The van der Waals surface area contributed by atoms with Crippen LogP contribution in [0.15, 0.2) is 16.6 Å². The van der Waals surface area contributed by atoms with E-state index in [2.05, 4.69) is 15.9 Å². The van der Waals surface area contributed by atoms with E-state index in [4.69, 9.17) is 5.11 Å². The van der Waals surface area contributed by atoms with Crippen LogP contribution >= 0.6 is 15.9 Å². The molecule has 5 nitrogen and oxygen atoms in total. The molecular formula is C11H11BrO5. The molecule has 0 aromatic heterocycles. The summed E-state index contributed by atoms with van der Waals surface area (Å²) < 4.78 is 0.303. The topological polar surface area (TPSA) is 94.8 Å².